The van der Waals surface area contributed by atoms with Crippen molar-refractivity contribution in [3.63, 3.8) is 0 Å². The maximum Gasteiger partial charge on any atom is 0.255 e. The number of fused-ring (bicyclic) bond motifs is 2. The topological polar surface area (TPSA) is 69.8 Å². The fourth-order valence-corrected chi connectivity index (χ4v) is 4.31. The predicted octanol–water partition coefficient (Wildman–Crippen LogP) is 6.12. The van der Waals surface area contributed by atoms with Gasteiger partial charge in [0.15, 0.2) is 0 Å². The fraction of sp³-hybridized carbons (Fsp3) is 0.0714. The number of imidazole rings is 1. The molecule has 1 aliphatic heterocycles. The van der Waals surface area contributed by atoms with Crippen molar-refractivity contribution in [3.05, 3.63) is 102 Å². The van der Waals surface area contributed by atoms with E-state index in [0.29, 0.717) is 5.56 Å². The largest absolute Gasteiger partial charge is 0.384 e. The quantitative estimate of drug-likeness (QED) is 0.322. The first-order chi connectivity index (χ1) is 16.2. The highest BCUT2D eigenvalue weighted by molar-refractivity contribution is 6.04. The number of carbonyl (C=O) groups excluding carboxylic acids is 1. The number of hydrogen-bond donors (Lipinski definition) is 3. The molecule has 0 atom stereocenters. The van der Waals surface area contributed by atoms with Crippen LogP contribution in [0.1, 0.15) is 15.9 Å². The Labute approximate surface area is 191 Å². The zero-order valence-electron chi connectivity index (χ0n) is 17.9. The SMILES string of the molecule is O=C(Nc1ccc2c(c1)NCC2)c1ccc(-c2nc3ccc(-c4ccccc4)cc3[nH]2)cc1. The Balaban J connectivity index is 1.22. The normalized spacial score (nSPS) is 12.4. The molecule has 160 valence electrons. The summed E-state index contributed by atoms with van der Waals surface area (Å²) in [5, 5.41) is 6.33. The Bertz CT molecular complexity index is 1470. The van der Waals surface area contributed by atoms with Gasteiger partial charge in [0.05, 0.1) is 11.0 Å². The highest BCUT2D eigenvalue weighted by Crippen LogP contribution is 2.27. The molecule has 4 aromatic carbocycles. The minimum atomic E-state index is -0.128. The molecule has 0 radical (unpaired) electrons. The van der Waals surface area contributed by atoms with Crippen LogP contribution >= 0.6 is 0 Å². The van der Waals surface area contributed by atoms with Crippen LogP contribution in [0.2, 0.25) is 0 Å². The zero-order chi connectivity index (χ0) is 22.2. The lowest BCUT2D eigenvalue weighted by Gasteiger charge is -2.08. The van der Waals surface area contributed by atoms with Gasteiger partial charge < -0.3 is 15.6 Å². The van der Waals surface area contributed by atoms with Crippen molar-refractivity contribution >= 4 is 28.3 Å². The van der Waals surface area contributed by atoms with Gasteiger partial charge in [0.2, 0.25) is 0 Å². The van der Waals surface area contributed by atoms with Crippen molar-refractivity contribution in [1.82, 2.24) is 9.97 Å². The van der Waals surface area contributed by atoms with Crippen LogP contribution in [0.15, 0.2) is 91.0 Å². The summed E-state index contributed by atoms with van der Waals surface area (Å²) >= 11 is 0. The van der Waals surface area contributed by atoms with Crippen molar-refractivity contribution in [3.8, 4) is 22.5 Å². The second-order valence-corrected chi connectivity index (χ2v) is 8.26. The van der Waals surface area contributed by atoms with Gasteiger partial charge in [-0.15, -0.1) is 0 Å². The molecule has 1 amide bonds. The summed E-state index contributed by atoms with van der Waals surface area (Å²) < 4.78 is 0. The molecule has 6 rings (SSSR count). The second kappa shape index (κ2) is 7.95. The highest BCUT2D eigenvalue weighted by Gasteiger charge is 2.13. The number of amides is 1. The zero-order valence-corrected chi connectivity index (χ0v) is 17.9. The summed E-state index contributed by atoms with van der Waals surface area (Å²) in [5.74, 6) is 0.656. The van der Waals surface area contributed by atoms with E-state index in [9.17, 15) is 4.79 Å². The molecule has 0 unspecified atom stereocenters. The van der Waals surface area contributed by atoms with Crippen molar-refractivity contribution in [1.29, 1.82) is 0 Å². The summed E-state index contributed by atoms with van der Waals surface area (Å²) in [5.41, 5.74) is 8.94. The van der Waals surface area contributed by atoms with E-state index in [1.165, 1.54) is 11.1 Å². The lowest BCUT2D eigenvalue weighted by Crippen LogP contribution is -2.11. The Morgan fingerprint density at radius 1 is 0.818 bits per heavy atom. The maximum atomic E-state index is 12.7. The van der Waals surface area contributed by atoms with Crippen molar-refractivity contribution < 1.29 is 4.79 Å². The Morgan fingerprint density at radius 3 is 2.48 bits per heavy atom. The molecule has 0 fully saturated rings. The summed E-state index contributed by atoms with van der Waals surface area (Å²) in [6, 6.07) is 30.1. The Morgan fingerprint density at radius 2 is 1.64 bits per heavy atom. The number of anilines is 2. The van der Waals surface area contributed by atoms with E-state index in [0.717, 1.165) is 52.3 Å². The van der Waals surface area contributed by atoms with Gasteiger partial charge in [-0.25, -0.2) is 4.98 Å². The third-order valence-corrected chi connectivity index (χ3v) is 6.09. The number of rotatable bonds is 4. The molecule has 5 heteroatoms. The average Bonchev–Trinajstić information content (AvgIpc) is 3.51. The smallest absolute Gasteiger partial charge is 0.255 e. The van der Waals surface area contributed by atoms with Crippen LogP contribution < -0.4 is 10.6 Å². The van der Waals surface area contributed by atoms with Gasteiger partial charge in [0.1, 0.15) is 5.82 Å². The summed E-state index contributed by atoms with van der Waals surface area (Å²) in [6.07, 6.45) is 1.03. The highest BCUT2D eigenvalue weighted by atomic mass is 16.1. The van der Waals surface area contributed by atoms with Gasteiger partial charge in [-0.2, -0.15) is 0 Å². The standard InChI is InChI=1S/C28H22N4O/c33-28(30-23-12-10-19-14-15-29-25(19)17-23)21-8-6-20(7-9-21)27-31-24-13-11-22(16-26(24)32-27)18-4-2-1-3-5-18/h1-13,16-17,29H,14-15H2,(H,30,33)(H,31,32). The number of carbonyl (C=O) groups is 1. The molecule has 0 aliphatic carbocycles. The molecule has 3 N–H and O–H groups in total. The van der Waals surface area contributed by atoms with Crippen LogP contribution in [-0.4, -0.2) is 22.4 Å². The van der Waals surface area contributed by atoms with Crippen molar-refractivity contribution in [2.24, 2.45) is 0 Å². The number of aromatic amines is 1. The van der Waals surface area contributed by atoms with Gasteiger partial charge in [-0.1, -0.05) is 54.6 Å². The fourth-order valence-electron chi connectivity index (χ4n) is 4.31. The monoisotopic (exact) mass is 430 g/mol. The van der Waals surface area contributed by atoms with Crippen LogP contribution in [-0.2, 0) is 6.42 Å². The summed E-state index contributed by atoms with van der Waals surface area (Å²) in [7, 11) is 0. The van der Waals surface area contributed by atoms with Crippen LogP contribution in [0, 0.1) is 0 Å². The number of benzene rings is 4. The number of H-pyrrole nitrogens is 1. The molecule has 1 aromatic heterocycles. The third kappa shape index (κ3) is 3.74. The van der Waals surface area contributed by atoms with Crippen molar-refractivity contribution in [2.75, 3.05) is 17.2 Å². The molecule has 1 aliphatic rings. The number of nitrogens with zero attached hydrogens (tertiary/aromatic N) is 1. The molecule has 0 bridgehead atoms. The van der Waals surface area contributed by atoms with Gasteiger partial charge in [0, 0.05) is 29.0 Å². The molecular weight excluding hydrogens is 408 g/mol. The van der Waals surface area contributed by atoms with Gasteiger partial charge >= 0.3 is 0 Å². The number of aromatic nitrogens is 2. The van der Waals surface area contributed by atoms with E-state index in [4.69, 9.17) is 4.98 Å². The van der Waals surface area contributed by atoms with Gasteiger partial charge in [-0.3, -0.25) is 4.79 Å². The summed E-state index contributed by atoms with van der Waals surface area (Å²) in [4.78, 5) is 20.9. The first kappa shape index (κ1) is 19.3. The molecule has 5 nitrogen and oxygen atoms in total. The second-order valence-electron chi connectivity index (χ2n) is 8.26. The van der Waals surface area contributed by atoms with E-state index in [2.05, 4.69) is 45.9 Å². The lowest BCUT2D eigenvalue weighted by molar-refractivity contribution is 0.102. The third-order valence-electron chi connectivity index (χ3n) is 6.09. The van der Waals surface area contributed by atoms with Gasteiger partial charge in [-0.05, 0) is 59.5 Å². The first-order valence-corrected chi connectivity index (χ1v) is 11.1. The average molecular weight is 431 g/mol. The molecule has 0 spiro atoms. The first-order valence-electron chi connectivity index (χ1n) is 11.1. The van der Waals surface area contributed by atoms with Crippen LogP contribution in [0.3, 0.4) is 0 Å². The Kier molecular flexibility index (Phi) is 4.65. The molecule has 0 saturated heterocycles. The van der Waals surface area contributed by atoms with E-state index in [1.807, 2.05) is 60.7 Å². The molecular formula is C28H22N4O. The molecule has 33 heavy (non-hydrogen) atoms. The predicted molar refractivity (Wildman–Crippen MR) is 134 cm³/mol. The number of nitrogens with one attached hydrogen (secondary N) is 3. The molecule has 2 heterocycles. The summed E-state index contributed by atoms with van der Waals surface area (Å²) in [6.45, 7) is 0.948. The van der Waals surface area contributed by atoms with E-state index < -0.39 is 0 Å². The van der Waals surface area contributed by atoms with E-state index >= 15 is 0 Å². The van der Waals surface area contributed by atoms with Crippen molar-refractivity contribution in [2.45, 2.75) is 6.42 Å². The van der Waals surface area contributed by atoms with Crippen LogP contribution in [0.4, 0.5) is 11.4 Å². The Hall–Kier alpha value is -4.38. The molecule has 0 saturated carbocycles. The van der Waals surface area contributed by atoms with Crippen LogP contribution in [0.5, 0.6) is 0 Å². The molecule has 5 aromatic rings. The number of hydrogen-bond acceptors (Lipinski definition) is 3. The van der Waals surface area contributed by atoms with Gasteiger partial charge in [0.25, 0.3) is 5.91 Å². The lowest BCUT2D eigenvalue weighted by atomic mass is 10.1. The maximum absolute atomic E-state index is 12.7. The van der Waals surface area contributed by atoms with Crippen LogP contribution in [0.25, 0.3) is 33.5 Å². The van der Waals surface area contributed by atoms with E-state index in [-0.39, 0.29) is 5.91 Å². The van der Waals surface area contributed by atoms with E-state index in [1.54, 1.807) is 0 Å². The minimum absolute atomic E-state index is 0.128. The minimum Gasteiger partial charge on any atom is -0.384 e.